The molecule has 1 fully saturated rings. The lowest BCUT2D eigenvalue weighted by molar-refractivity contribution is -0.309. The van der Waals surface area contributed by atoms with Crippen molar-refractivity contribution in [2.24, 2.45) is 0 Å². The first kappa shape index (κ1) is 12.5. The maximum Gasteiger partial charge on any atom is 0.266 e. The lowest BCUT2D eigenvalue weighted by Crippen LogP contribution is -2.58. The molecule has 1 aromatic rings. The van der Waals surface area contributed by atoms with Gasteiger partial charge in [-0.1, -0.05) is 12.6 Å². The summed E-state index contributed by atoms with van der Waals surface area (Å²) in [7, 11) is 0. The van der Waals surface area contributed by atoms with E-state index >= 15 is 0 Å². The van der Waals surface area contributed by atoms with Crippen molar-refractivity contribution in [3.63, 3.8) is 0 Å². The van der Waals surface area contributed by atoms with Crippen molar-refractivity contribution in [2.75, 3.05) is 12.3 Å². The molecule has 2 aliphatic heterocycles. The Morgan fingerprint density at radius 1 is 1.53 bits per heavy atom. The van der Waals surface area contributed by atoms with Crippen LogP contribution in [0.25, 0.3) is 0 Å². The molecule has 0 saturated carbocycles. The van der Waals surface area contributed by atoms with Crippen LogP contribution >= 0.6 is 11.3 Å². The number of carbonyl (C=O) groups is 2. The second-order valence-electron chi connectivity index (χ2n) is 4.42. The van der Waals surface area contributed by atoms with Crippen LogP contribution in [0.15, 0.2) is 5.38 Å². The number of hydrogen-bond donors (Lipinski definition) is 2. The van der Waals surface area contributed by atoms with E-state index in [1.54, 1.807) is 5.38 Å². The first-order chi connectivity index (χ1) is 9.10. The molecule has 0 radical (unpaired) electrons. The normalized spacial score (nSPS) is 26.9. The molecule has 3 N–H and O–H groups in total. The number of amides is 2. The summed E-state index contributed by atoms with van der Waals surface area (Å²) < 4.78 is 0. The molecule has 8 heteroatoms. The molecule has 2 amide bonds. The van der Waals surface area contributed by atoms with Crippen molar-refractivity contribution < 1.29 is 19.3 Å². The Balaban J connectivity index is 2.03. The number of nitrogens with two attached hydrogens (primary N) is 1. The van der Waals surface area contributed by atoms with Crippen molar-refractivity contribution in [1.82, 2.24) is 10.5 Å². The van der Waals surface area contributed by atoms with Gasteiger partial charge in [0.05, 0.1) is 22.7 Å². The number of nitrogen functional groups attached to an aromatic ring is 1. The molecule has 3 rings (SSSR count). The molecule has 0 unspecified atom stereocenters. The summed E-state index contributed by atoms with van der Waals surface area (Å²) in [5.74, 6) is -0.761. The molecule has 1 atom stereocenters. The number of nitrogens with zero attached hydrogens (tertiary/aromatic N) is 1. The zero-order chi connectivity index (χ0) is 13.6. The number of imide groups is 1. The third-order valence-electron chi connectivity index (χ3n) is 3.52. The van der Waals surface area contributed by atoms with Gasteiger partial charge in [0.1, 0.15) is 0 Å². The minimum absolute atomic E-state index is 0.290. The lowest BCUT2D eigenvalue weighted by atomic mass is 10.0. The van der Waals surface area contributed by atoms with E-state index in [4.69, 9.17) is 15.4 Å². The number of rotatable bonds is 2. The van der Waals surface area contributed by atoms with Crippen LogP contribution in [-0.4, -0.2) is 29.0 Å². The molecule has 3 heterocycles. The molecule has 0 aromatic carbocycles. The van der Waals surface area contributed by atoms with Gasteiger partial charge in [-0.2, -0.15) is 0 Å². The van der Waals surface area contributed by atoms with Crippen LogP contribution in [-0.2, 0) is 9.68 Å². The smallest absolute Gasteiger partial charge is 0.266 e. The highest BCUT2D eigenvalue weighted by atomic mass is 32.1. The predicted molar refractivity (Wildman–Crippen MR) is 67.0 cm³/mol. The minimum atomic E-state index is -1.02. The van der Waals surface area contributed by atoms with Crippen molar-refractivity contribution in [2.45, 2.75) is 25.5 Å². The summed E-state index contributed by atoms with van der Waals surface area (Å²) in [6.07, 6.45) is 0.885. The van der Waals surface area contributed by atoms with E-state index < -0.39 is 11.6 Å². The van der Waals surface area contributed by atoms with Crippen molar-refractivity contribution in [3.05, 3.63) is 16.5 Å². The number of hydrogen-bond acceptors (Lipinski definition) is 7. The summed E-state index contributed by atoms with van der Waals surface area (Å²) in [6, 6.07) is 0. The highest BCUT2D eigenvalue weighted by Crippen LogP contribution is 2.39. The summed E-state index contributed by atoms with van der Waals surface area (Å²) in [5, 5.41) is 1.98. The van der Waals surface area contributed by atoms with Gasteiger partial charge in [0.25, 0.3) is 11.8 Å². The molecule has 1 aromatic heterocycles. The second-order valence-corrected chi connectivity index (χ2v) is 5.33. The quantitative estimate of drug-likeness (QED) is 0.783. The Morgan fingerprint density at radius 3 is 2.89 bits per heavy atom. The van der Waals surface area contributed by atoms with Gasteiger partial charge in [-0.15, -0.1) is 11.3 Å². The van der Waals surface area contributed by atoms with Gasteiger partial charge < -0.3 is 5.73 Å². The Kier molecular flexibility index (Phi) is 2.82. The summed E-state index contributed by atoms with van der Waals surface area (Å²) in [6.45, 7) is 2.20. The molecule has 0 spiro atoms. The lowest BCUT2D eigenvalue weighted by Gasteiger charge is -2.41. The minimum Gasteiger partial charge on any atom is -0.390 e. The van der Waals surface area contributed by atoms with Crippen molar-refractivity contribution >= 4 is 28.2 Å². The van der Waals surface area contributed by atoms with Gasteiger partial charge in [0.15, 0.2) is 5.72 Å². The number of carbonyl (C=O) groups excluding carboxylic acids is 2. The monoisotopic (exact) mass is 283 g/mol. The van der Waals surface area contributed by atoms with Gasteiger partial charge >= 0.3 is 0 Å². The average molecular weight is 283 g/mol. The van der Waals surface area contributed by atoms with E-state index in [9.17, 15) is 9.59 Å². The topological polar surface area (TPSA) is 93.9 Å². The van der Waals surface area contributed by atoms with Crippen LogP contribution in [0.4, 0.5) is 5.00 Å². The molecular weight excluding hydrogens is 270 g/mol. The zero-order valence-electron chi connectivity index (χ0n) is 10.3. The van der Waals surface area contributed by atoms with Gasteiger partial charge in [-0.3, -0.25) is 14.4 Å². The van der Waals surface area contributed by atoms with E-state index in [0.717, 1.165) is 4.90 Å². The second kappa shape index (κ2) is 4.27. The predicted octanol–water partition coefficient (Wildman–Crippen LogP) is 0.889. The fourth-order valence-corrected chi connectivity index (χ4v) is 3.20. The highest BCUT2D eigenvalue weighted by Gasteiger charge is 2.51. The Bertz CT molecular complexity index is 550. The standard InChI is InChI=1S/C11H13N3O4S/c1-2-11(3-4-17-13-18-11)14-9(15)6-5-19-8(12)7(6)10(14)16/h5,13H,2-4,12H2,1H3/t11-/m1/s1. The fraction of sp³-hybridized carbons (Fsp3) is 0.455. The van der Waals surface area contributed by atoms with Crippen LogP contribution in [0.1, 0.15) is 40.5 Å². The van der Waals surface area contributed by atoms with E-state index in [0.29, 0.717) is 30.0 Å². The summed E-state index contributed by atoms with van der Waals surface area (Å²) >= 11 is 1.20. The fourth-order valence-electron chi connectivity index (χ4n) is 2.42. The van der Waals surface area contributed by atoms with E-state index in [2.05, 4.69) is 5.64 Å². The first-order valence-electron chi connectivity index (χ1n) is 5.91. The zero-order valence-corrected chi connectivity index (χ0v) is 11.1. The summed E-state index contributed by atoms with van der Waals surface area (Å²) in [4.78, 5) is 36.2. The van der Waals surface area contributed by atoms with Gasteiger partial charge in [0, 0.05) is 11.8 Å². The first-order valence-corrected chi connectivity index (χ1v) is 6.79. The summed E-state index contributed by atoms with van der Waals surface area (Å²) in [5.41, 5.74) is 7.69. The number of fused-ring (bicyclic) bond motifs is 1. The SMILES string of the molecule is CC[C@]1(N2C(=O)c3csc(N)c3C2=O)CCONO1. The van der Waals surface area contributed by atoms with Crippen LogP contribution < -0.4 is 11.4 Å². The molecule has 19 heavy (non-hydrogen) atoms. The Labute approximate surface area is 113 Å². The maximum atomic E-state index is 12.4. The van der Waals surface area contributed by atoms with Crippen LogP contribution in [0.2, 0.25) is 0 Å². The van der Waals surface area contributed by atoms with E-state index in [1.165, 1.54) is 11.3 Å². The number of anilines is 1. The molecule has 7 nitrogen and oxygen atoms in total. The molecule has 2 aliphatic rings. The van der Waals surface area contributed by atoms with Crippen LogP contribution in [0.5, 0.6) is 0 Å². The van der Waals surface area contributed by atoms with Gasteiger partial charge in [0.2, 0.25) is 0 Å². The van der Waals surface area contributed by atoms with Crippen LogP contribution in [0, 0.1) is 0 Å². The number of thiophene rings is 1. The molecule has 0 bridgehead atoms. The van der Waals surface area contributed by atoms with Gasteiger partial charge in [-0.05, 0) is 6.42 Å². The third kappa shape index (κ3) is 1.61. The Hall–Kier alpha value is -1.48. The highest BCUT2D eigenvalue weighted by molar-refractivity contribution is 7.14. The maximum absolute atomic E-state index is 12.4. The van der Waals surface area contributed by atoms with Crippen LogP contribution in [0.3, 0.4) is 0 Å². The van der Waals surface area contributed by atoms with Crippen molar-refractivity contribution in [3.8, 4) is 0 Å². The number of nitrogens with one attached hydrogen (secondary N) is 1. The molecule has 1 saturated heterocycles. The molecule has 0 aliphatic carbocycles. The third-order valence-corrected chi connectivity index (χ3v) is 4.33. The van der Waals surface area contributed by atoms with E-state index in [-0.39, 0.29) is 11.5 Å². The Morgan fingerprint density at radius 2 is 2.32 bits per heavy atom. The molecule has 102 valence electrons. The van der Waals surface area contributed by atoms with Gasteiger partial charge in [-0.25, -0.2) is 9.74 Å². The van der Waals surface area contributed by atoms with Crippen molar-refractivity contribution in [1.29, 1.82) is 0 Å². The average Bonchev–Trinajstić information content (AvgIpc) is 2.92. The van der Waals surface area contributed by atoms with E-state index in [1.807, 2.05) is 6.92 Å². The largest absolute Gasteiger partial charge is 0.390 e. The molecular formula is C11H13N3O4S.